The van der Waals surface area contributed by atoms with Crippen molar-refractivity contribution in [2.75, 3.05) is 11.9 Å². The number of carbonyl (C=O) groups excluding carboxylic acids is 2. The second-order valence-electron chi connectivity index (χ2n) is 6.90. The van der Waals surface area contributed by atoms with Crippen LogP contribution < -0.4 is 21.2 Å². The number of para-hydroxylation sites is 2. The molecule has 3 heterocycles. The molecule has 150 valence electrons. The third-order valence-electron chi connectivity index (χ3n) is 5.36. The Morgan fingerprint density at radius 1 is 1.13 bits per heavy atom. The van der Waals surface area contributed by atoms with E-state index in [1.807, 2.05) is 0 Å². The summed E-state index contributed by atoms with van der Waals surface area (Å²) in [7, 11) is 0. The fraction of sp³-hybridized carbons (Fsp3) is 0.136. The lowest BCUT2D eigenvalue weighted by atomic mass is 9.71. The molecule has 3 aromatic rings. The summed E-state index contributed by atoms with van der Waals surface area (Å²) in [6.45, 7) is 1.70. The number of carbonyl (C=O) groups is 2. The third kappa shape index (κ3) is 2.13. The normalized spacial score (nSPS) is 19.3. The molecule has 5 rings (SSSR count). The van der Waals surface area contributed by atoms with Crippen LogP contribution in [-0.4, -0.2) is 18.5 Å². The first-order valence-corrected chi connectivity index (χ1v) is 9.32. The summed E-state index contributed by atoms with van der Waals surface area (Å²) in [5, 5.41) is 3.02. The van der Waals surface area contributed by atoms with E-state index in [0.29, 0.717) is 11.3 Å². The molecule has 3 N–H and O–H groups in total. The van der Waals surface area contributed by atoms with Crippen LogP contribution in [0.1, 0.15) is 18.1 Å². The number of nitrogens with one attached hydrogen (secondary N) is 1. The summed E-state index contributed by atoms with van der Waals surface area (Å²) in [5.74, 6) is -2.07. The lowest BCUT2D eigenvalue weighted by Crippen LogP contribution is -2.48. The second kappa shape index (κ2) is 6.21. The molecule has 0 fully saturated rings. The average molecular weight is 404 g/mol. The van der Waals surface area contributed by atoms with Crippen LogP contribution >= 0.6 is 0 Å². The number of amides is 1. The van der Waals surface area contributed by atoms with Gasteiger partial charge in [-0.1, -0.05) is 30.3 Å². The number of ether oxygens (including phenoxy) is 2. The van der Waals surface area contributed by atoms with Gasteiger partial charge >= 0.3 is 5.97 Å². The second-order valence-corrected chi connectivity index (χ2v) is 6.90. The zero-order valence-corrected chi connectivity index (χ0v) is 15.9. The quantitative estimate of drug-likeness (QED) is 0.628. The summed E-state index contributed by atoms with van der Waals surface area (Å²) in [5.41, 5.74) is 5.02. The molecule has 2 aliphatic heterocycles. The van der Waals surface area contributed by atoms with Gasteiger partial charge in [0.2, 0.25) is 17.1 Å². The van der Waals surface area contributed by atoms with Gasteiger partial charge in [0, 0.05) is 11.3 Å². The molecule has 2 aromatic carbocycles. The number of nitrogens with two attached hydrogens (primary N) is 1. The van der Waals surface area contributed by atoms with Crippen LogP contribution in [0.2, 0.25) is 0 Å². The number of hydrogen-bond donors (Lipinski definition) is 2. The zero-order chi connectivity index (χ0) is 21.0. The van der Waals surface area contributed by atoms with Crippen molar-refractivity contribution < 1.29 is 23.5 Å². The Hall–Kier alpha value is -4.07. The number of anilines is 1. The van der Waals surface area contributed by atoms with E-state index in [-0.39, 0.29) is 40.5 Å². The van der Waals surface area contributed by atoms with Gasteiger partial charge in [0.05, 0.1) is 17.7 Å². The van der Waals surface area contributed by atoms with Gasteiger partial charge in [-0.15, -0.1) is 0 Å². The molecule has 0 bridgehead atoms. The largest absolute Gasteiger partial charge is 0.460 e. The van der Waals surface area contributed by atoms with Gasteiger partial charge in [-0.05, 0) is 25.1 Å². The minimum absolute atomic E-state index is 0.0727. The highest BCUT2D eigenvalue weighted by atomic mass is 16.6. The molecule has 30 heavy (non-hydrogen) atoms. The molecule has 1 atom stereocenters. The van der Waals surface area contributed by atoms with Crippen LogP contribution in [0.4, 0.5) is 5.69 Å². The minimum Gasteiger partial charge on any atom is -0.460 e. The van der Waals surface area contributed by atoms with Crippen molar-refractivity contribution >= 4 is 28.5 Å². The molecule has 1 aromatic heterocycles. The summed E-state index contributed by atoms with van der Waals surface area (Å²) in [4.78, 5) is 39.5. The first-order chi connectivity index (χ1) is 14.5. The fourth-order valence-corrected chi connectivity index (χ4v) is 4.09. The molecule has 2 aliphatic rings. The molecular weight excluding hydrogens is 388 g/mol. The Kier molecular flexibility index (Phi) is 3.73. The Balaban J connectivity index is 1.94. The fourth-order valence-electron chi connectivity index (χ4n) is 4.09. The Labute approximate surface area is 169 Å². The molecule has 0 saturated heterocycles. The van der Waals surface area contributed by atoms with Crippen LogP contribution in [0.3, 0.4) is 0 Å². The molecule has 0 unspecified atom stereocenters. The molecule has 1 spiro atoms. The lowest BCUT2D eigenvalue weighted by Gasteiger charge is -2.33. The van der Waals surface area contributed by atoms with Crippen molar-refractivity contribution in [3.63, 3.8) is 0 Å². The molecule has 0 aliphatic carbocycles. The van der Waals surface area contributed by atoms with Gasteiger partial charge < -0.3 is 24.9 Å². The van der Waals surface area contributed by atoms with Crippen molar-refractivity contribution in [2.24, 2.45) is 5.73 Å². The van der Waals surface area contributed by atoms with Crippen molar-refractivity contribution in [3.05, 3.63) is 81.3 Å². The van der Waals surface area contributed by atoms with Crippen molar-refractivity contribution in [1.29, 1.82) is 0 Å². The van der Waals surface area contributed by atoms with Crippen molar-refractivity contribution in [2.45, 2.75) is 12.3 Å². The SMILES string of the molecule is CCOC(=O)C1=C(N)[C@@]2(C(=O)Nc3ccccc32)c2c(oc3ccccc3c2=O)O1. The van der Waals surface area contributed by atoms with Crippen LogP contribution in [-0.2, 0) is 19.7 Å². The zero-order valence-electron chi connectivity index (χ0n) is 15.9. The van der Waals surface area contributed by atoms with Gasteiger partial charge in [0.25, 0.3) is 5.95 Å². The molecule has 0 saturated carbocycles. The van der Waals surface area contributed by atoms with E-state index in [9.17, 15) is 14.4 Å². The highest BCUT2D eigenvalue weighted by Gasteiger charge is 2.59. The topological polar surface area (TPSA) is 121 Å². The summed E-state index contributed by atoms with van der Waals surface area (Å²) < 4.78 is 16.5. The predicted molar refractivity (Wildman–Crippen MR) is 107 cm³/mol. The molecular formula is C22H16N2O6. The van der Waals surface area contributed by atoms with Crippen molar-refractivity contribution in [3.8, 4) is 5.95 Å². The van der Waals surface area contributed by atoms with Crippen LogP contribution in [0, 0.1) is 0 Å². The van der Waals surface area contributed by atoms with E-state index in [1.165, 1.54) is 0 Å². The highest BCUT2D eigenvalue weighted by molar-refractivity contribution is 6.13. The van der Waals surface area contributed by atoms with Crippen molar-refractivity contribution in [1.82, 2.24) is 0 Å². The van der Waals surface area contributed by atoms with Gasteiger partial charge in [-0.2, -0.15) is 0 Å². The maximum absolute atomic E-state index is 13.5. The monoisotopic (exact) mass is 404 g/mol. The Morgan fingerprint density at radius 3 is 2.67 bits per heavy atom. The molecule has 8 heteroatoms. The average Bonchev–Trinajstić information content (AvgIpc) is 3.03. The van der Waals surface area contributed by atoms with Gasteiger partial charge in [-0.3, -0.25) is 9.59 Å². The standard InChI is InChI=1S/C22H16N2O6/c1-2-28-19(26)17-18(23)22(12-8-4-5-9-13(12)24-21(22)27)15-16(25)11-7-3-6-10-14(11)29-20(15)30-17/h3-10H,2,23H2,1H3,(H,24,27)/t22-/m0/s1. The van der Waals surface area contributed by atoms with Gasteiger partial charge in [0.1, 0.15) is 11.1 Å². The maximum Gasteiger partial charge on any atom is 0.376 e. The maximum atomic E-state index is 13.5. The number of rotatable bonds is 2. The third-order valence-corrected chi connectivity index (χ3v) is 5.36. The van der Waals surface area contributed by atoms with Gasteiger partial charge in [0.15, 0.2) is 5.41 Å². The lowest BCUT2D eigenvalue weighted by molar-refractivity contribution is -0.141. The molecule has 8 nitrogen and oxygen atoms in total. The number of hydrogen-bond acceptors (Lipinski definition) is 7. The summed E-state index contributed by atoms with van der Waals surface area (Å²) in [6.07, 6.45) is 0. The summed E-state index contributed by atoms with van der Waals surface area (Å²) >= 11 is 0. The first kappa shape index (κ1) is 18.0. The van der Waals surface area contributed by atoms with E-state index in [2.05, 4.69) is 5.32 Å². The van der Waals surface area contributed by atoms with Crippen LogP contribution in [0.5, 0.6) is 5.95 Å². The van der Waals surface area contributed by atoms with E-state index in [0.717, 1.165) is 0 Å². The highest BCUT2D eigenvalue weighted by Crippen LogP contribution is 2.51. The number of benzene rings is 2. The van der Waals surface area contributed by atoms with E-state index >= 15 is 0 Å². The van der Waals surface area contributed by atoms with Gasteiger partial charge in [-0.25, -0.2) is 4.79 Å². The molecule has 0 radical (unpaired) electrons. The van der Waals surface area contributed by atoms with E-state index in [1.54, 1.807) is 55.5 Å². The number of esters is 1. The van der Waals surface area contributed by atoms with E-state index in [4.69, 9.17) is 19.6 Å². The van der Waals surface area contributed by atoms with E-state index < -0.39 is 22.7 Å². The first-order valence-electron chi connectivity index (χ1n) is 9.32. The predicted octanol–water partition coefficient (Wildman–Crippen LogP) is 2.16. The Morgan fingerprint density at radius 2 is 1.87 bits per heavy atom. The smallest absolute Gasteiger partial charge is 0.376 e. The van der Waals surface area contributed by atoms with Crippen LogP contribution in [0.25, 0.3) is 11.0 Å². The Bertz CT molecular complexity index is 1340. The van der Waals surface area contributed by atoms with Crippen LogP contribution in [0.15, 0.2) is 69.2 Å². The minimum atomic E-state index is -1.78. The molecule has 1 amide bonds. The summed E-state index contributed by atoms with van der Waals surface area (Å²) in [6, 6.07) is 13.4. The number of fused-ring (bicyclic) bond motifs is 5.